The van der Waals surface area contributed by atoms with Gasteiger partial charge < -0.3 is 0 Å². The number of hydrogen-bond acceptors (Lipinski definition) is 4. The van der Waals surface area contributed by atoms with Crippen molar-refractivity contribution in [2.45, 2.75) is 39.0 Å². The Balaban J connectivity index is 1.70. The topological polar surface area (TPSA) is 34.4 Å². The van der Waals surface area contributed by atoms with E-state index in [4.69, 9.17) is 28.2 Å². The van der Waals surface area contributed by atoms with Gasteiger partial charge in [0.1, 0.15) is 4.83 Å². The standard InChI is InChI=1S/C20H16Cl2N2OS2/c1-10-16(9-11-8-12(21)6-7-14(11)22)27-20-23-18-17(19(25)24(10)20)13-4-2-3-5-15(13)26-18/h6-8H,2-5,9H2,1H3. The fourth-order valence-corrected chi connectivity index (χ4v) is 6.70. The quantitative estimate of drug-likeness (QED) is 0.384. The van der Waals surface area contributed by atoms with Crippen molar-refractivity contribution in [3.8, 4) is 0 Å². The minimum atomic E-state index is 0.0755. The molecule has 0 spiro atoms. The van der Waals surface area contributed by atoms with Gasteiger partial charge in [0.25, 0.3) is 5.56 Å². The summed E-state index contributed by atoms with van der Waals surface area (Å²) in [5.41, 5.74) is 3.22. The number of hydrogen-bond donors (Lipinski definition) is 0. The number of thiophene rings is 1. The molecular formula is C20H16Cl2N2OS2. The lowest BCUT2D eigenvalue weighted by atomic mass is 9.97. The van der Waals surface area contributed by atoms with Gasteiger partial charge >= 0.3 is 0 Å². The summed E-state index contributed by atoms with van der Waals surface area (Å²) in [4.78, 5) is 22.3. The van der Waals surface area contributed by atoms with Crippen LogP contribution in [0.3, 0.4) is 0 Å². The first-order valence-corrected chi connectivity index (χ1v) is 11.3. The molecule has 0 atom stereocenters. The second-order valence-corrected chi connectivity index (χ2v) is 9.94. The van der Waals surface area contributed by atoms with E-state index in [1.165, 1.54) is 16.9 Å². The number of fused-ring (bicyclic) bond motifs is 4. The first-order chi connectivity index (χ1) is 13.0. The van der Waals surface area contributed by atoms with Crippen LogP contribution in [0.2, 0.25) is 10.0 Å². The largest absolute Gasteiger partial charge is 0.268 e. The summed E-state index contributed by atoms with van der Waals surface area (Å²) in [6.45, 7) is 1.99. The Kier molecular flexibility index (Phi) is 4.32. The maximum atomic E-state index is 13.3. The van der Waals surface area contributed by atoms with Gasteiger partial charge in [0, 0.05) is 31.9 Å². The summed E-state index contributed by atoms with van der Waals surface area (Å²) in [7, 11) is 0. The highest BCUT2D eigenvalue weighted by atomic mass is 35.5. The number of benzene rings is 1. The molecule has 0 amide bonds. The molecule has 5 rings (SSSR count). The molecule has 7 heteroatoms. The summed E-state index contributed by atoms with van der Waals surface area (Å²) in [5, 5.41) is 2.18. The normalized spacial score (nSPS) is 14.2. The van der Waals surface area contributed by atoms with Gasteiger partial charge in [0.2, 0.25) is 0 Å². The van der Waals surface area contributed by atoms with E-state index in [0.717, 1.165) is 50.6 Å². The van der Waals surface area contributed by atoms with Crippen molar-refractivity contribution in [2.75, 3.05) is 0 Å². The van der Waals surface area contributed by atoms with E-state index in [-0.39, 0.29) is 5.56 Å². The number of rotatable bonds is 2. The lowest BCUT2D eigenvalue weighted by Gasteiger charge is -2.09. The lowest BCUT2D eigenvalue weighted by Crippen LogP contribution is -2.16. The third kappa shape index (κ3) is 2.83. The van der Waals surface area contributed by atoms with E-state index in [2.05, 4.69) is 0 Å². The number of aromatic nitrogens is 2. The fourth-order valence-electron chi connectivity index (χ4n) is 3.88. The van der Waals surface area contributed by atoms with Gasteiger partial charge in [0.05, 0.1) is 5.39 Å². The van der Waals surface area contributed by atoms with Crippen LogP contribution >= 0.6 is 45.9 Å². The van der Waals surface area contributed by atoms with Crippen molar-refractivity contribution in [1.82, 2.24) is 9.38 Å². The minimum Gasteiger partial charge on any atom is -0.268 e. The molecule has 0 radical (unpaired) electrons. The summed E-state index contributed by atoms with van der Waals surface area (Å²) < 4.78 is 1.78. The Morgan fingerprint density at radius 1 is 1.19 bits per heavy atom. The first-order valence-electron chi connectivity index (χ1n) is 8.92. The molecule has 0 fully saturated rings. The van der Waals surface area contributed by atoms with Crippen LogP contribution in [0, 0.1) is 6.92 Å². The Morgan fingerprint density at radius 3 is 2.85 bits per heavy atom. The summed E-state index contributed by atoms with van der Waals surface area (Å²) in [6.07, 6.45) is 5.07. The third-order valence-corrected chi connectivity index (χ3v) is 8.20. The van der Waals surface area contributed by atoms with E-state index in [9.17, 15) is 4.79 Å². The van der Waals surface area contributed by atoms with Crippen LogP contribution in [0.1, 0.15) is 39.4 Å². The molecule has 3 aromatic heterocycles. The predicted octanol–water partition coefficient (Wildman–Crippen LogP) is 6.06. The van der Waals surface area contributed by atoms with Crippen LogP contribution < -0.4 is 5.56 Å². The Bertz CT molecular complexity index is 1270. The summed E-state index contributed by atoms with van der Waals surface area (Å²) in [6, 6.07) is 5.49. The maximum Gasteiger partial charge on any atom is 0.267 e. The Labute approximate surface area is 174 Å². The molecule has 1 aliphatic rings. The zero-order chi connectivity index (χ0) is 18.7. The maximum absolute atomic E-state index is 13.3. The molecule has 4 aromatic rings. The predicted molar refractivity (Wildman–Crippen MR) is 115 cm³/mol. The molecule has 0 saturated heterocycles. The highest BCUT2D eigenvalue weighted by Gasteiger charge is 2.22. The zero-order valence-corrected chi connectivity index (χ0v) is 17.8. The highest BCUT2D eigenvalue weighted by molar-refractivity contribution is 7.19. The Hall–Kier alpha value is -1.40. The van der Waals surface area contributed by atoms with Crippen LogP contribution in [0.25, 0.3) is 15.2 Å². The third-order valence-electron chi connectivity index (χ3n) is 5.27. The van der Waals surface area contributed by atoms with Gasteiger partial charge in [-0.1, -0.05) is 23.2 Å². The molecule has 0 unspecified atom stereocenters. The highest BCUT2D eigenvalue weighted by Crippen LogP contribution is 2.35. The molecular weight excluding hydrogens is 419 g/mol. The van der Waals surface area contributed by atoms with Gasteiger partial charge in [-0.3, -0.25) is 9.20 Å². The van der Waals surface area contributed by atoms with Crippen molar-refractivity contribution in [3.63, 3.8) is 0 Å². The van der Waals surface area contributed by atoms with E-state index in [1.807, 2.05) is 19.1 Å². The van der Waals surface area contributed by atoms with Crippen LogP contribution in [-0.2, 0) is 19.3 Å². The SMILES string of the molecule is Cc1c(Cc2cc(Cl)ccc2Cl)sc2nc3sc4c(c3c(=O)n12)CCCC4. The van der Waals surface area contributed by atoms with Crippen molar-refractivity contribution < 1.29 is 0 Å². The lowest BCUT2D eigenvalue weighted by molar-refractivity contribution is 0.700. The van der Waals surface area contributed by atoms with Crippen molar-refractivity contribution in [1.29, 1.82) is 0 Å². The molecule has 27 heavy (non-hydrogen) atoms. The van der Waals surface area contributed by atoms with Crippen molar-refractivity contribution in [3.05, 3.63) is 65.2 Å². The molecule has 1 aromatic carbocycles. The smallest absolute Gasteiger partial charge is 0.267 e. The number of aryl methyl sites for hydroxylation is 3. The van der Waals surface area contributed by atoms with Gasteiger partial charge in [-0.05, 0) is 61.9 Å². The van der Waals surface area contributed by atoms with Gasteiger partial charge in [0.15, 0.2) is 4.96 Å². The van der Waals surface area contributed by atoms with Gasteiger partial charge in [-0.2, -0.15) is 0 Å². The van der Waals surface area contributed by atoms with E-state index < -0.39 is 0 Å². The van der Waals surface area contributed by atoms with Crippen LogP contribution in [0.4, 0.5) is 0 Å². The van der Waals surface area contributed by atoms with Crippen LogP contribution in [0.15, 0.2) is 23.0 Å². The van der Waals surface area contributed by atoms with E-state index >= 15 is 0 Å². The molecule has 1 aliphatic carbocycles. The second-order valence-electron chi connectivity index (χ2n) is 6.95. The molecule has 3 heterocycles. The molecule has 3 nitrogen and oxygen atoms in total. The van der Waals surface area contributed by atoms with Gasteiger partial charge in [-0.25, -0.2) is 4.98 Å². The first kappa shape index (κ1) is 17.7. The van der Waals surface area contributed by atoms with Crippen molar-refractivity contribution in [2.24, 2.45) is 0 Å². The minimum absolute atomic E-state index is 0.0755. The summed E-state index contributed by atoms with van der Waals surface area (Å²) in [5.74, 6) is 0. The Morgan fingerprint density at radius 2 is 2.00 bits per heavy atom. The molecule has 0 aliphatic heterocycles. The zero-order valence-electron chi connectivity index (χ0n) is 14.6. The van der Waals surface area contributed by atoms with E-state index in [1.54, 1.807) is 33.1 Å². The molecule has 138 valence electrons. The second kappa shape index (κ2) is 6.59. The van der Waals surface area contributed by atoms with Gasteiger partial charge in [-0.15, -0.1) is 22.7 Å². The average Bonchev–Trinajstić information content (AvgIpc) is 3.16. The number of nitrogens with zero attached hydrogens (tertiary/aromatic N) is 2. The summed E-state index contributed by atoms with van der Waals surface area (Å²) >= 11 is 15.7. The monoisotopic (exact) mass is 434 g/mol. The average molecular weight is 435 g/mol. The van der Waals surface area contributed by atoms with E-state index in [0.29, 0.717) is 16.5 Å². The fraction of sp³-hybridized carbons (Fsp3) is 0.300. The van der Waals surface area contributed by atoms with Crippen LogP contribution in [-0.4, -0.2) is 9.38 Å². The van der Waals surface area contributed by atoms with Crippen LogP contribution in [0.5, 0.6) is 0 Å². The number of thiazole rings is 1. The molecule has 0 saturated carbocycles. The molecule has 0 N–H and O–H groups in total. The number of halogens is 2. The van der Waals surface area contributed by atoms with Crippen molar-refractivity contribution >= 4 is 61.1 Å². The molecule has 0 bridgehead atoms.